The second-order valence-corrected chi connectivity index (χ2v) is 11.4. The van der Waals surface area contributed by atoms with Crippen LogP contribution in [0.15, 0.2) is 24.3 Å². The van der Waals surface area contributed by atoms with Gasteiger partial charge in [0.2, 0.25) is 0 Å². The Kier molecular flexibility index (Phi) is 6.71. The van der Waals surface area contributed by atoms with Crippen molar-refractivity contribution in [3.8, 4) is 5.75 Å². The predicted octanol–water partition coefficient (Wildman–Crippen LogP) is 3.69. The minimum atomic E-state index is -1.65. The summed E-state index contributed by atoms with van der Waals surface area (Å²) in [6, 6.07) is 7.36. The van der Waals surface area contributed by atoms with Crippen LogP contribution in [0.3, 0.4) is 0 Å². The van der Waals surface area contributed by atoms with Gasteiger partial charge in [-0.05, 0) is 42.4 Å². The zero-order valence-electron chi connectivity index (χ0n) is 13.9. The van der Waals surface area contributed by atoms with E-state index in [1.54, 1.807) is 0 Å². The minimum Gasteiger partial charge on any atom is -0.491 e. The van der Waals surface area contributed by atoms with Crippen molar-refractivity contribution in [1.29, 1.82) is 0 Å². The van der Waals surface area contributed by atoms with Gasteiger partial charge in [-0.3, -0.25) is 0 Å². The first-order chi connectivity index (χ1) is 9.72. The van der Waals surface area contributed by atoms with Gasteiger partial charge in [-0.1, -0.05) is 20.8 Å². The molecule has 0 atom stereocenters. The molecule has 0 aliphatic rings. The summed E-state index contributed by atoms with van der Waals surface area (Å²) in [5.74, 6) is 0.810. The van der Waals surface area contributed by atoms with E-state index >= 15 is 0 Å². The number of benzene rings is 1. The minimum absolute atomic E-state index is 0.241. The Balaban J connectivity index is 2.09. The van der Waals surface area contributed by atoms with Gasteiger partial charge in [0, 0.05) is 5.69 Å². The number of rotatable bonds is 8. The molecule has 1 rings (SSSR count). The van der Waals surface area contributed by atoms with E-state index in [2.05, 4.69) is 33.9 Å². The molecule has 0 radical (unpaired) electrons. The molecule has 0 amide bonds. The van der Waals surface area contributed by atoms with Crippen LogP contribution in [0.4, 0.5) is 5.69 Å². The van der Waals surface area contributed by atoms with Crippen LogP contribution in [-0.2, 0) is 9.16 Å². The second kappa shape index (κ2) is 7.82. The summed E-state index contributed by atoms with van der Waals surface area (Å²) in [4.78, 5) is 0. The Morgan fingerprint density at radius 1 is 0.952 bits per heavy atom. The fourth-order valence-electron chi connectivity index (χ4n) is 1.46. The van der Waals surface area contributed by atoms with Crippen LogP contribution in [-0.4, -0.2) is 34.7 Å². The van der Waals surface area contributed by atoms with Crippen LogP contribution >= 0.6 is 0 Å². The molecule has 0 aliphatic carbocycles. The third kappa shape index (κ3) is 6.50. The van der Waals surface area contributed by atoms with Crippen LogP contribution in [0.25, 0.3) is 0 Å². The van der Waals surface area contributed by atoms with Crippen molar-refractivity contribution in [2.24, 2.45) is 0 Å². The molecule has 0 bridgehead atoms. The lowest BCUT2D eigenvalue weighted by Crippen LogP contribution is -2.41. The summed E-state index contributed by atoms with van der Waals surface area (Å²) in [5.41, 5.74) is 6.35. The van der Waals surface area contributed by atoms with Gasteiger partial charge in [0.25, 0.3) is 0 Å². The molecular formula is C16H29NO3Si. The molecule has 1 aromatic rings. The lowest BCUT2D eigenvalue weighted by Gasteiger charge is -2.36. The normalized spacial score (nSPS) is 12.4. The zero-order chi connectivity index (χ0) is 15.9. The van der Waals surface area contributed by atoms with Gasteiger partial charge < -0.3 is 19.6 Å². The Bertz CT molecular complexity index is 413. The highest BCUT2D eigenvalue weighted by Gasteiger charge is 2.36. The second-order valence-electron chi connectivity index (χ2n) is 6.64. The molecule has 0 fully saturated rings. The third-order valence-electron chi connectivity index (χ3n) is 3.87. The summed E-state index contributed by atoms with van der Waals surface area (Å²) in [6.45, 7) is 13.6. The SMILES string of the molecule is CC(C)(C)[Si](C)(C)OCCOCCOc1ccc(N)cc1. The highest BCUT2D eigenvalue weighted by Crippen LogP contribution is 2.36. The van der Waals surface area contributed by atoms with Crippen molar-refractivity contribution in [3.63, 3.8) is 0 Å². The fraction of sp³-hybridized carbons (Fsp3) is 0.625. The standard InChI is InChI=1S/C16H29NO3Si/c1-16(2,3)21(4,5)20-13-11-18-10-12-19-15-8-6-14(17)7-9-15/h6-9H,10-13,17H2,1-5H3. The topological polar surface area (TPSA) is 53.7 Å². The molecule has 120 valence electrons. The van der Waals surface area contributed by atoms with Gasteiger partial charge in [-0.2, -0.15) is 0 Å². The van der Waals surface area contributed by atoms with Gasteiger partial charge in [-0.15, -0.1) is 0 Å². The summed E-state index contributed by atoms with van der Waals surface area (Å²) in [7, 11) is -1.65. The highest BCUT2D eigenvalue weighted by molar-refractivity contribution is 6.74. The fourth-order valence-corrected chi connectivity index (χ4v) is 2.48. The molecule has 2 N–H and O–H groups in total. The quantitative estimate of drug-likeness (QED) is 0.452. The lowest BCUT2D eigenvalue weighted by atomic mass is 10.2. The average Bonchev–Trinajstić information content (AvgIpc) is 2.38. The molecule has 0 saturated carbocycles. The maximum absolute atomic E-state index is 6.03. The van der Waals surface area contributed by atoms with Crippen molar-refractivity contribution < 1.29 is 13.9 Å². The molecule has 4 nitrogen and oxygen atoms in total. The Hall–Kier alpha value is -1.04. The number of ether oxygens (including phenoxy) is 2. The molecule has 21 heavy (non-hydrogen) atoms. The van der Waals surface area contributed by atoms with E-state index in [0.29, 0.717) is 26.4 Å². The van der Waals surface area contributed by atoms with Crippen molar-refractivity contribution in [3.05, 3.63) is 24.3 Å². The van der Waals surface area contributed by atoms with E-state index < -0.39 is 8.32 Å². The summed E-state index contributed by atoms with van der Waals surface area (Å²) >= 11 is 0. The molecule has 0 unspecified atom stereocenters. The smallest absolute Gasteiger partial charge is 0.192 e. The molecule has 0 spiro atoms. The monoisotopic (exact) mass is 311 g/mol. The molecule has 5 heteroatoms. The van der Waals surface area contributed by atoms with Crippen LogP contribution in [0.1, 0.15) is 20.8 Å². The van der Waals surface area contributed by atoms with E-state index in [9.17, 15) is 0 Å². The Morgan fingerprint density at radius 3 is 2.10 bits per heavy atom. The number of anilines is 1. The zero-order valence-corrected chi connectivity index (χ0v) is 14.9. The molecule has 0 aromatic heterocycles. The maximum Gasteiger partial charge on any atom is 0.192 e. The van der Waals surface area contributed by atoms with Crippen LogP contribution < -0.4 is 10.5 Å². The van der Waals surface area contributed by atoms with E-state index in [1.807, 2.05) is 24.3 Å². The third-order valence-corrected chi connectivity index (χ3v) is 8.41. The van der Waals surface area contributed by atoms with Crippen molar-refractivity contribution in [2.75, 3.05) is 32.2 Å². The maximum atomic E-state index is 6.03. The summed E-state index contributed by atoms with van der Waals surface area (Å²) in [5, 5.41) is 0.241. The van der Waals surface area contributed by atoms with Gasteiger partial charge in [-0.25, -0.2) is 0 Å². The molecule has 0 aliphatic heterocycles. The van der Waals surface area contributed by atoms with E-state index in [1.165, 1.54) is 0 Å². The van der Waals surface area contributed by atoms with Crippen molar-refractivity contribution >= 4 is 14.0 Å². The largest absolute Gasteiger partial charge is 0.491 e. The average molecular weight is 311 g/mol. The van der Waals surface area contributed by atoms with E-state index in [4.69, 9.17) is 19.6 Å². The molecule has 0 heterocycles. The molecular weight excluding hydrogens is 282 g/mol. The van der Waals surface area contributed by atoms with Gasteiger partial charge in [0.1, 0.15) is 12.4 Å². The van der Waals surface area contributed by atoms with Crippen molar-refractivity contribution in [2.45, 2.75) is 38.9 Å². The van der Waals surface area contributed by atoms with Crippen LogP contribution in [0, 0.1) is 0 Å². The van der Waals surface area contributed by atoms with Crippen LogP contribution in [0.2, 0.25) is 18.1 Å². The van der Waals surface area contributed by atoms with Gasteiger partial charge in [0.05, 0.1) is 19.8 Å². The molecule has 0 saturated heterocycles. The first-order valence-corrected chi connectivity index (χ1v) is 10.3. The van der Waals surface area contributed by atoms with Crippen LogP contribution in [0.5, 0.6) is 5.75 Å². The van der Waals surface area contributed by atoms with Crippen molar-refractivity contribution in [1.82, 2.24) is 0 Å². The van der Waals surface area contributed by atoms with E-state index in [-0.39, 0.29) is 5.04 Å². The first kappa shape index (κ1) is 18.0. The number of hydrogen-bond donors (Lipinski definition) is 1. The summed E-state index contributed by atoms with van der Waals surface area (Å²) in [6.07, 6.45) is 0. The summed E-state index contributed by atoms with van der Waals surface area (Å²) < 4.78 is 17.1. The van der Waals surface area contributed by atoms with E-state index in [0.717, 1.165) is 11.4 Å². The number of hydrogen-bond acceptors (Lipinski definition) is 4. The predicted molar refractivity (Wildman–Crippen MR) is 90.3 cm³/mol. The highest BCUT2D eigenvalue weighted by atomic mass is 28.4. The lowest BCUT2D eigenvalue weighted by molar-refractivity contribution is 0.0730. The number of nitrogens with two attached hydrogens (primary N) is 1. The number of nitrogen functional groups attached to an aromatic ring is 1. The van der Waals surface area contributed by atoms with Gasteiger partial charge in [0.15, 0.2) is 8.32 Å². The molecule has 1 aromatic carbocycles. The van der Waals surface area contributed by atoms with Gasteiger partial charge >= 0.3 is 0 Å². The first-order valence-electron chi connectivity index (χ1n) is 7.42. The Morgan fingerprint density at radius 2 is 1.52 bits per heavy atom. The Labute approximate surface area is 129 Å².